The number of carboxylic acids is 1. The molecule has 0 bridgehead atoms. The Morgan fingerprint density at radius 2 is 1.61 bits per heavy atom. The summed E-state index contributed by atoms with van der Waals surface area (Å²) < 4.78 is 5.84. The number of ether oxygens (including phenoxy) is 1. The molecule has 2 aromatic carbocycles. The number of rotatable bonds is 16. The second-order valence-corrected chi connectivity index (χ2v) is 10.5. The van der Waals surface area contributed by atoms with Crippen LogP contribution in [0, 0.1) is 6.92 Å². The van der Waals surface area contributed by atoms with Crippen LogP contribution in [0.5, 0.6) is 5.75 Å². The summed E-state index contributed by atoms with van der Waals surface area (Å²) >= 11 is 0. The van der Waals surface area contributed by atoms with Crippen molar-refractivity contribution in [3.8, 4) is 5.75 Å². The van der Waals surface area contributed by atoms with E-state index in [-0.39, 0.29) is 24.9 Å². The molecule has 0 amide bonds. The number of benzene rings is 2. The van der Waals surface area contributed by atoms with E-state index in [1.54, 1.807) is 0 Å². The number of hydrogen-bond acceptors (Lipinski definition) is 4. The number of carbonyl (C=O) groups is 1. The van der Waals surface area contributed by atoms with Crippen molar-refractivity contribution in [1.29, 1.82) is 0 Å². The number of hydrogen-bond donors (Lipinski definition) is 3. The fourth-order valence-corrected chi connectivity index (χ4v) is 5.18. The van der Waals surface area contributed by atoms with E-state index in [0.29, 0.717) is 18.6 Å². The molecule has 0 aliphatic heterocycles. The molecule has 210 valence electrons. The number of aliphatic hydroxyl groups excluding tert-OH is 1. The molecule has 0 aliphatic rings. The van der Waals surface area contributed by atoms with Crippen LogP contribution in [0.15, 0.2) is 42.5 Å². The number of carboxylic acid groups (broad SMARTS) is 1. The van der Waals surface area contributed by atoms with Gasteiger partial charge in [-0.15, -0.1) is 0 Å². The first-order valence-electron chi connectivity index (χ1n) is 14.3. The largest absolute Gasteiger partial charge is 0.491 e. The Kier molecular flexibility index (Phi) is 12.1. The van der Waals surface area contributed by atoms with Gasteiger partial charge in [0.1, 0.15) is 12.4 Å². The molecule has 0 aliphatic carbocycles. The second-order valence-electron chi connectivity index (χ2n) is 10.5. The van der Waals surface area contributed by atoms with Crippen molar-refractivity contribution in [2.75, 3.05) is 6.61 Å². The normalized spacial score (nSPS) is 13.2. The van der Waals surface area contributed by atoms with Crippen molar-refractivity contribution in [1.82, 2.24) is 0 Å². The first-order chi connectivity index (χ1) is 18.1. The molecule has 0 spiro atoms. The Morgan fingerprint density at radius 1 is 0.974 bits per heavy atom. The zero-order valence-corrected chi connectivity index (χ0v) is 24.2. The van der Waals surface area contributed by atoms with E-state index >= 15 is 0 Å². The van der Waals surface area contributed by atoms with E-state index in [4.69, 9.17) is 9.84 Å². The smallest absolute Gasteiger partial charge is 0.303 e. The van der Waals surface area contributed by atoms with E-state index in [0.717, 1.165) is 31.2 Å². The van der Waals surface area contributed by atoms with Crippen LogP contribution in [0.1, 0.15) is 107 Å². The highest BCUT2D eigenvalue weighted by molar-refractivity contribution is 5.66. The molecule has 0 heterocycles. The third kappa shape index (κ3) is 7.94. The third-order valence-electron chi connectivity index (χ3n) is 8.07. The van der Waals surface area contributed by atoms with Gasteiger partial charge in [0.05, 0.1) is 11.7 Å². The summed E-state index contributed by atoms with van der Waals surface area (Å²) in [4.78, 5) is 10.7. The van der Waals surface area contributed by atoms with Gasteiger partial charge in [0.25, 0.3) is 0 Å². The highest BCUT2D eigenvalue weighted by Gasteiger charge is 2.31. The van der Waals surface area contributed by atoms with Gasteiger partial charge in [0.15, 0.2) is 0 Å². The number of aryl methyl sites for hydroxylation is 2. The molecule has 2 aromatic rings. The topological polar surface area (TPSA) is 87.0 Å². The Bertz CT molecular complexity index is 1060. The maximum atomic E-state index is 10.8. The van der Waals surface area contributed by atoms with E-state index in [1.807, 2.05) is 32.9 Å². The van der Waals surface area contributed by atoms with Crippen LogP contribution >= 0.6 is 0 Å². The molecule has 2 rings (SSSR count). The molecule has 5 nitrogen and oxygen atoms in total. The summed E-state index contributed by atoms with van der Waals surface area (Å²) in [5, 5.41) is 29.6. The minimum Gasteiger partial charge on any atom is -0.491 e. The molecular weight excluding hydrogens is 476 g/mol. The summed E-state index contributed by atoms with van der Waals surface area (Å²) in [5.41, 5.74) is 5.06. The predicted octanol–water partition coefficient (Wildman–Crippen LogP) is 7.22. The maximum Gasteiger partial charge on any atom is 0.303 e. The van der Waals surface area contributed by atoms with Gasteiger partial charge in [-0.1, -0.05) is 83.5 Å². The van der Waals surface area contributed by atoms with Gasteiger partial charge < -0.3 is 20.1 Å². The van der Waals surface area contributed by atoms with Gasteiger partial charge in [0.2, 0.25) is 0 Å². The zero-order chi connectivity index (χ0) is 28.3. The van der Waals surface area contributed by atoms with Crippen LogP contribution in [0.3, 0.4) is 0 Å². The lowest BCUT2D eigenvalue weighted by Crippen LogP contribution is -2.26. The third-order valence-corrected chi connectivity index (χ3v) is 8.07. The first-order valence-corrected chi connectivity index (χ1v) is 14.3. The van der Waals surface area contributed by atoms with Crippen LogP contribution in [0.2, 0.25) is 0 Å². The lowest BCUT2D eigenvalue weighted by molar-refractivity contribution is -0.137. The monoisotopic (exact) mass is 524 g/mol. The average Bonchev–Trinajstić information content (AvgIpc) is 2.92. The minimum absolute atomic E-state index is 0.0701. The minimum atomic E-state index is -0.922. The SMILES string of the molecule is CCCc1cc(C(CC)(CC)c2ccc(OCC(O)CCC(=O)O)c(C)c2)ccc1C=CC(O)(CC)CC. The van der Waals surface area contributed by atoms with E-state index < -0.39 is 17.7 Å². The van der Waals surface area contributed by atoms with Crippen molar-refractivity contribution in [2.45, 2.75) is 110 Å². The van der Waals surface area contributed by atoms with Crippen molar-refractivity contribution < 1.29 is 24.9 Å². The molecule has 1 unspecified atom stereocenters. The summed E-state index contributed by atoms with van der Waals surface area (Å²) in [6.45, 7) is 12.8. The summed E-state index contributed by atoms with van der Waals surface area (Å²) in [7, 11) is 0. The molecule has 3 N–H and O–H groups in total. The van der Waals surface area contributed by atoms with E-state index in [9.17, 15) is 15.0 Å². The van der Waals surface area contributed by atoms with E-state index in [2.05, 4.69) is 57.2 Å². The molecule has 5 heteroatoms. The van der Waals surface area contributed by atoms with Gasteiger partial charge in [-0.05, 0) is 79.3 Å². The number of aliphatic carboxylic acids is 1. The fraction of sp³-hybridized carbons (Fsp3) is 0.545. The summed E-state index contributed by atoms with van der Waals surface area (Å²) in [6, 6.07) is 13.1. The molecule has 38 heavy (non-hydrogen) atoms. The molecule has 1 atom stereocenters. The molecule has 0 radical (unpaired) electrons. The average molecular weight is 525 g/mol. The van der Waals surface area contributed by atoms with Gasteiger partial charge in [-0.2, -0.15) is 0 Å². The second kappa shape index (κ2) is 14.5. The standard InChI is InChI=1S/C33H48O5/c1-7-12-26-22-28(14-13-25(26)19-20-32(37,8-2)9-3)33(10-4,11-5)27-15-17-30(24(6)21-27)38-23-29(34)16-18-31(35)36/h13-15,17,19-22,29,34,37H,7-12,16,18,23H2,1-6H3,(H,35,36). The van der Waals surface area contributed by atoms with Crippen LogP contribution in [-0.4, -0.2) is 39.6 Å². The highest BCUT2D eigenvalue weighted by atomic mass is 16.5. The highest BCUT2D eigenvalue weighted by Crippen LogP contribution is 2.41. The van der Waals surface area contributed by atoms with Crippen LogP contribution in [0.25, 0.3) is 6.08 Å². The Hall–Kier alpha value is -2.63. The van der Waals surface area contributed by atoms with Crippen molar-refractivity contribution in [2.24, 2.45) is 0 Å². The fourth-order valence-electron chi connectivity index (χ4n) is 5.18. The van der Waals surface area contributed by atoms with Gasteiger partial charge >= 0.3 is 5.97 Å². The van der Waals surface area contributed by atoms with Crippen molar-refractivity contribution in [3.05, 3.63) is 70.3 Å². The number of aliphatic hydroxyl groups is 2. The van der Waals surface area contributed by atoms with Gasteiger partial charge in [-0.25, -0.2) is 0 Å². The predicted molar refractivity (Wildman–Crippen MR) is 156 cm³/mol. The molecular formula is C33H48O5. The van der Waals surface area contributed by atoms with Crippen LogP contribution in [0.4, 0.5) is 0 Å². The van der Waals surface area contributed by atoms with Crippen LogP contribution < -0.4 is 4.74 Å². The van der Waals surface area contributed by atoms with Crippen molar-refractivity contribution in [3.63, 3.8) is 0 Å². The molecule has 0 aromatic heterocycles. The van der Waals surface area contributed by atoms with Crippen molar-refractivity contribution >= 4 is 12.0 Å². The first kappa shape index (κ1) is 31.6. The lowest BCUT2D eigenvalue weighted by atomic mass is 9.69. The summed E-state index contributed by atoms with van der Waals surface area (Å²) in [5.74, 6) is -0.217. The molecule has 0 saturated heterocycles. The van der Waals surface area contributed by atoms with E-state index in [1.165, 1.54) is 22.3 Å². The Balaban J connectivity index is 2.39. The Morgan fingerprint density at radius 3 is 2.16 bits per heavy atom. The summed E-state index contributed by atoms with van der Waals surface area (Å²) in [6.07, 6.45) is 8.61. The maximum absolute atomic E-state index is 10.8. The quantitative estimate of drug-likeness (QED) is 0.216. The van der Waals surface area contributed by atoms with Gasteiger partial charge in [0, 0.05) is 11.8 Å². The molecule has 0 saturated carbocycles. The Labute approximate surface area is 229 Å². The zero-order valence-electron chi connectivity index (χ0n) is 24.2. The molecule has 0 fully saturated rings. The van der Waals surface area contributed by atoms with Gasteiger partial charge in [-0.3, -0.25) is 4.79 Å². The lowest BCUT2D eigenvalue weighted by Gasteiger charge is -2.34. The van der Waals surface area contributed by atoms with Crippen LogP contribution in [-0.2, 0) is 16.6 Å².